The van der Waals surface area contributed by atoms with Crippen molar-refractivity contribution >= 4 is 12.0 Å². The van der Waals surface area contributed by atoms with Crippen molar-refractivity contribution in [2.24, 2.45) is 0 Å². The smallest absolute Gasteiger partial charge is 0.465 e. The molecule has 0 aromatic heterocycles. The molecule has 0 aromatic rings. The highest BCUT2D eigenvalue weighted by molar-refractivity contribution is 5.82. The third-order valence-corrected chi connectivity index (χ3v) is 2.59. The minimum absolute atomic E-state index is 0.0479. The number of alkyl halides is 3. The first-order valence-corrected chi connectivity index (χ1v) is 5.02. The largest absolute Gasteiger partial charge is 0.471 e. The topological polar surface area (TPSA) is 93.4 Å². The zero-order chi connectivity index (χ0) is 13.9. The van der Waals surface area contributed by atoms with Crippen LogP contribution in [0.3, 0.4) is 0 Å². The van der Waals surface area contributed by atoms with Gasteiger partial charge < -0.3 is 10.4 Å². The molecule has 1 rings (SSSR count). The van der Waals surface area contributed by atoms with Crippen LogP contribution in [-0.4, -0.2) is 46.8 Å². The van der Waals surface area contributed by atoms with E-state index in [4.69, 9.17) is 10.4 Å². The van der Waals surface area contributed by atoms with Gasteiger partial charge in [0.1, 0.15) is 6.04 Å². The van der Waals surface area contributed by atoms with E-state index in [-0.39, 0.29) is 19.4 Å². The van der Waals surface area contributed by atoms with E-state index in [2.05, 4.69) is 0 Å². The molecule has 1 fully saturated rings. The number of nitrogens with one attached hydrogen (secondary N) is 1. The number of hydrogen-bond acceptors (Lipinski definition) is 3. The summed E-state index contributed by atoms with van der Waals surface area (Å²) in [6.07, 6.45) is -6.38. The molecule has 0 bridgehead atoms. The normalized spacial score (nSPS) is 24.2. The van der Waals surface area contributed by atoms with E-state index in [0.29, 0.717) is 0 Å². The number of likely N-dealkylation sites (tertiary alicyclic amines) is 1. The zero-order valence-electron chi connectivity index (χ0n) is 9.07. The Hall–Kier alpha value is -1.98. The van der Waals surface area contributed by atoms with E-state index >= 15 is 0 Å². The number of amides is 2. The summed E-state index contributed by atoms with van der Waals surface area (Å²) in [5.41, 5.74) is 0. The first kappa shape index (κ1) is 14.1. The average Bonchev–Trinajstić information content (AvgIpc) is 2.27. The van der Waals surface area contributed by atoms with Gasteiger partial charge in [-0.3, -0.25) is 9.69 Å². The molecule has 9 heteroatoms. The van der Waals surface area contributed by atoms with Crippen molar-refractivity contribution in [3.63, 3.8) is 0 Å². The second kappa shape index (κ2) is 5.12. The molecule has 1 heterocycles. The monoisotopic (exact) mass is 265 g/mol. The first-order chi connectivity index (χ1) is 8.25. The van der Waals surface area contributed by atoms with Crippen molar-refractivity contribution in [2.75, 3.05) is 6.54 Å². The second-order valence-electron chi connectivity index (χ2n) is 3.81. The van der Waals surface area contributed by atoms with Gasteiger partial charge >= 0.3 is 18.2 Å². The Morgan fingerprint density at radius 1 is 1.44 bits per heavy atom. The van der Waals surface area contributed by atoms with Crippen molar-refractivity contribution < 1.29 is 27.9 Å². The molecule has 2 atom stereocenters. The van der Waals surface area contributed by atoms with E-state index in [9.17, 15) is 22.8 Å². The van der Waals surface area contributed by atoms with E-state index in [0.717, 1.165) is 4.90 Å². The van der Waals surface area contributed by atoms with Crippen molar-refractivity contribution in [1.29, 1.82) is 5.26 Å². The van der Waals surface area contributed by atoms with Gasteiger partial charge in [0, 0.05) is 19.0 Å². The summed E-state index contributed by atoms with van der Waals surface area (Å²) in [6, 6.07) is -0.204. The lowest BCUT2D eigenvalue weighted by atomic mass is 9.98. The Balaban J connectivity index is 2.62. The third-order valence-electron chi connectivity index (χ3n) is 2.59. The highest BCUT2D eigenvalue weighted by Gasteiger charge is 2.41. The van der Waals surface area contributed by atoms with E-state index in [1.54, 1.807) is 11.4 Å². The van der Waals surface area contributed by atoms with Crippen LogP contribution < -0.4 is 5.32 Å². The summed E-state index contributed by atoms with van der Waals surface area (Å²) >= 11 is 0. The highest BCUT2D eigenvalue weighted by atomic mass is 19.4. The van der Waals surface area contributed by atoms with Crippen molar-refractivity contribution in [3.8, 4) is 6.07 Å². The van der Waals surface area contributed by atoms with Crippen LogP contribution in [0.25, 0.3) is 0 Å². The lowest BCUT2D eigenvalue weighted by Crippen LogP contribution is -2.53. The number of carbonyl (C=O) groups is 2. The van der Waals surface area contributed by atoms with Crippen molar-refractivity contribution in [2.45, 2.75) is 31.1 Å². The van der Waals surface area contributed by atoms with Gasteiger partial charge in [0.15, 0.2) is 0 Å². The summed E-state index contributed by atoms with van der Waals surface area (Å²) in [6.45, 7) is -0.0869. The predicted molar refractivity (Wildman–Crippen MR) is 51.4 cm³/mol. The van der Waals surface area contributed by atoms with Crippen LogP contribution in [0.2, 0.25) is 0 Å². The van der Waals surface area contributed by atoms with E-state index in [1.165, 1.54) is 0 Å². The van der Waals surface area contributed by atoms with Crippen molar-refractivity contribution in [3.05, 3.63) is 0 Å². The lowest BCUT2D eigenvalue weighted by Gasteiger charge is -2.34. The molecule has 0 radical (unpaired) electrons. The van der Waals surface area contributed by atoms with Crippen LogP contribution in [0.4, 0.5) is 18.0 Å². The molecule has 2 N–H and O–H groups in total. The maximum atomic E-state index is 12.0. The molecule has 18 heavy (non-hydrogen) atoms. The Bertz CT molecular complexity index is 391. The fourth-order valence-corrected chi connectivity index (χ4v) is 1.72. The SMILES string of the molecule is N#CC1CC(NC(=O)C(F)(F)F)CCN1C(=O)O. The van der Waals surface area contributed by atoms with Crippen LogP contribution in [-0.2, 0) is 4.79 Å². The summed E-state index contributed by atoms with van der Waals surface area (Å²) in [4.78, 5) is 22.3. The number of piperidine rings is 1. The van der Waals surface area contributed by atoms with Gasteiger partial charge in [0.05, 0.1) is 6.07 Å². The van der Waals surface area contributed by atoms with Gasteiger partial charge in [0.2, 0.25) is 0 Å². The number of carboxylic acid groups (broad SMARTS) is 1. The van der Waals surface area contributed by atoms with Crippen molar-refractivity contribution in [1.82, 2.24) is 10.2 Å². The Morgan fingerprint density at radius 2 is 2.06 bits per heavy atom. The molecule has 0 aromatic carbocycles. The van der Waals surface area contributed by atoms with Gasteiger partial charge in [0.25, 0.3) is 0 Å². The van der Waals surface area contributed by atoms with E-state index in [1.807, 2.05) is 0 Å². The summed E-state index contributed by atoms with van der Waals surface area (Å²) in [7, 11) is 0. The second-order valence-corrected chi connectivity index (χ2v) is 3.81. The number of nitrogens with zero attached hydrogens (tertiary/aromatic N) is 2. The number of hydrogen-bond donors (Lipinski definition) is 2. The molecule has 2 unspecified atom stereocenters. The lowest BCUT2D eigenvalue weighted by molar-refractivity contribution is -0.174. The number of nitriles is 1. The van der Waals surface area contributed by atoms with Gasteiger partial charge in [-0.15, -0.1) is 0 Å². The first-order valence-electron chi connectivity index (χ1n) is 5.02. The molecule has 1 aliphatic rings. The molecule has 1 saturated heterocycles. The van der Waals surface area contributed by atoms with Crippen LogP contribution >= 0.6 is 0 Å². The number of carbonyl (C=O) groups excluding carboxylic acids is 1. The summed E-state index contributed by atoms with van der Waals surface area (Å²) in [5.74, 6) is -2.08. The summed E-state index contributed by atoms with van der Waals surface area (Å²) < 4.78 is 36.0. The quantitative estimate of drug-likeness (QED) is 0.729. The van der Waals surface area contributed by atoms with Gasteiger partial charge in [-0.2, -0.15) is 18.4 Å². The average molecular weight is 265 g/mol. The molecule has 1 aliphatic heterocycles. The fraction of sp³-hybridized carbons (Fsp3) is 0.667. The minimum Gasteiger partial charge on any atom is -0.465 e. The standard InChI is InChI=1S/C9H10F3N3O3/c10-9(11,12)7(16)14-5-1-2-15(8(17)18)6(3-5)4-13/h5-6H,1-3H2,(H,14,16)(H,17,18). The fourth-order valence-electron chi connectivity index (χ4n) is 1.72. The number of rotatable bonds is 1. The minimum atomic E-state index is -4.98. The number of halogens is 3. The Morgan fingerprint density at radius 3 is 2.50 bits per heavy atom. The van der Waals surface area contributed by atoms with Crippen LogP contribution in [0.1, 0.15) is 12.8 Å². The van der Waals surface area contributed by atoms with E-state index < -0.39 is 30.3 Å². The third kappa shape index (κ3) is 3.26. The van der Waals surface area contributed by atoms with Gasteiger partial charge in [-0.1, -0.05) is 0 Å². The highest BCUT2D eigenvalue weighted by Crippen LogP contribution is 2.20. The molecule has 100 valence electrons. The molecule has 0 saturated carbocycles. The molecular weight excluding hydrogens is 255 g/mol. The molecule has 0 spiro atoms. The van der Waals surface area contributed by atoms with Crippen LogP contribution in [0, 0.1) is 11.3 Å². The summed E-state index contributed by atoms with van der Waals surface area (Å²) in [5, 5.41) is 19.2. The zero-order valence-corrected chi connectivity index (χ0v) is 9.07. The molecule has 6 nitrogen and oxygen atoms in total. The molecular formula is C9H10F3N3O3. The van der Waals surface area contributed by atoms with Gasteiger partial charge in [-0.05, 0) is 6.42 Å². The van der Waals surface area contributed by atoms with Gasteiger partial charge in [-0.25, -0.2) is 4.79 Å². The maximum Gasteiger partial charge on any atom is 0.471 e. The molecule has 0 aliphatic carbocycles. The molecule has 2 amide bonds. The maximum absolute atomic E-state index is 12.0. The predicted octanol–water partition coefficient (Wildman–Crippen LogP) is 0.699. The Labute approximate surface area is 100.0 Å². The van der Waals surface area contributed by atoms with Crippen LogP contribution in [0.15, 0.2) is 0 Å². The van der Waals surface area contributed by atoms with Crippen LogP contribution in [0.5, 0.6) is 0 Å². The Kier molecular flexibility index (Phi) is 4.00.